The minimum atomic E-state index is -0.665. The first-order chi connectivity index (χ1) is 12.5. The molecular weight excluding hydrogens is 425 g/mol. The molecule has 3 rings (SSSR count). The number of anilines is 1. The number of ether oxygens (including phenoxy) is 1. The summed E-state index contributed by atoms with van der Waals surface area (Å²) in [5, 5.41) is 0.602. The van der Waals surface area contributed by atoms with Gasteiger partial charge in [-0.3, -0.25) is 4.79 Å². The summed E-state index contributed by atoms with van der Waals surface area (Å²) in [4.78, 5) is 20.8. The second-order valence-corrected chi connectivity index (χ2v) is 7.22. The normalized spacial score (nSPS) is 15.7. The van der Waals surface area contributed by atoms with E-state index in [0.717, 1.165) is 5.82 Å². The molecule has 8 heteroatoms. The second kappa shape index (κ2) is 8.22. The lowest BCUT2D eigenvalue weighted by atomic mass is 10.2. The van der Waals surface area contributed by atoms with E-state index in [0.29, 0.717) is 41.4 Å². The Labute approximate surface area is 164 Å². The Morgan fingerprint density at radius 1 is 1.31 bits per heavy atom. The first kappa shape index (κ1) is 18.9. The Bertz CT molecular complexity index is 800. The monoisotopic (exact) mass is 441 g/mol. The molecule has 0 aliphatic carbocycles. The van der Waals surface area contributed by atoms with E-state index in [1.54, 1.807) is 30.2 Å². The summed E-state index contributed by atoms with van der Waals surface area (Å²) >= 11 is 9.43. The zero-order chi connectivity index (χ0) is 18.7. The molecule has 1 amide bonds. The lowest BCUT2D eigenvalue weighted by molar-refractivity contribution is -0.138. The summed E-state index contributed by atoms with van der Waals surface area (Å²) in [6, 6.07) is 7.70. The van der Waals surface area contributed by atoms with Gasteiger partial charge in [0, 0.05) is 32.4 Å². The number of halogens is 3. The van der Waals surface area contributed by atoms with Crippen molar-refractivity contribution in [1.29, 1.82) is 0 Å². The molecule has 1 atom stereocenters. The number of rotatable bonds is 4. The average molecular weight is 443 g/mol. The highest BCUT2D eigenvalue weighted by molar-refractivity contribution is 9.10. The largest absolute Gasteiger partial charge is 0.480 e. The molecule has 1 unspecified atom stereocenters. The van der Waals surface area contributed by atoms with Gasteiger partial charge < -0.3 is 14.5 Å². The lowest BCUT2D eigenvalue weighted by Gasteiger charge is -2.36. The van der Waals surface area contributed by atoms with Crippen molar-refractivity contribution in [2.75, 3.05) is 31.1 Å². The molecule has 0 N–H and O–H groups in total. The number of hydrogen-bond donors (Lipinski definition) is 0. The van der Waals surface area contributed by atoms with Crippen molar-refractivity contribution in [3.05, 3.63) is 51.8 Å². The standard InChI is InChI=1S/C18H18BrClFN3O2/c1-12(26-16-5-4-13(21)11-14(16)19)18(25)24-9-7-23(8-10-24)17-15(20)3-2-6-22-17/h2-6,11-12H,7-10H2,1H3. The molecule has 1 fully saturated rings. The first-order valence-corrected chi connectivity index (χ1v) is 9.39. The number of carbonyl (C=O) groups excluding carboxylic acids is 1. The Morgan fingerprint density at radius 2 is 2.04 bits per heavy atom. The van der Waals surface area contributed by atoms with Gasteiger partial charge in [-0.2, -0.15) is 0 Å². The Hall–Kier alpha value is -1.86. The van der Waals surface area contributed by atoms with Crippen LogP contribution in [0.5, 0.6) is 5.75 Å². The fourth-order valence-corrected chi connectivity index (χ4v) is 3.50. The van der Waals surface area contributed by atoms with E-state index in [1.807, 2.05) is 0 Å². The average Bonchev–Trinajstić information content (AvgIpc) is 2.64. The topological polar surface area (TPSA) is 45.7 Å². The second-order valence-electron chi connectivity index (χ2n) is 5.96. The van der Waals surface area contributed by atoms with E-state index in [-0.39, 0.29) is 11.7 Å². The summed E-state index contributed by atoms with van der Waals surface area (Å²) in [5.74, 6) is 0.701. The number of carbonyl (C=O) groups is 1. The highest BCUT2D eigenvalue weighted by Crippen LogP contribution is 2.27. The molecule has 1 aliphatic heterocycles. The van der Waals surface area contributed by atoms with Crippen molar-refractivity contribution in [2.45, 2.75) is 13.0 Å². The summed E-state index contributed by atoms with van der Waals surface area (Å²) in [6.45, 7) is 4.11. The summed E-state index contributed by atoms with van der Waals surface area (Å²) in [7, 11) is 0. The molecule has 2 heterocycles. The quantitative estimate of drug-likeness (QED) is 0.723. The van der Waals surface area contributed by atoms with Crippen molar-refractivity contribution in [3.63, 3.8) is 0 Å². The molecule has 1 saturated heterocycles. The maximum atomic E-state index is 13.2. The van der Waals surface area contributed by atoms with Crippen LogP contribution in [0.1, 0.15) is 6.92 Å². The number of pyridine rings is 1. The van der Waals surface area contributed by atoms with E-state index < -0.39 is 6.10 Å². The Balaban J connectivity index is 1.58. The van der Waals surface area contributed by atoms with E-state index in [1.165, 1.54) is 18.2 Å². The molecule has 2 aromatic rings. The zero-order valence-corrected chi connectivity index (χ0v) is 16.5. The van der Waals surface area contributed by atoms with Crippen molar-refractivity contribution in [3.8, 4) is 5.75 Å². The highest BCUT2D eigenvalue weighted by Gasteiger charge is 2.27. The van der Waals surface area contributed by atoms with Crippen LogP contribution < -0.4 is 9.64 Å². The van der Waals surface area contributed by atoms with Crippen molar-refractivity contribution < 1.29 is 13.9 Å². The van der Waals surface area contributed by atoms with Crippen LogP contribution in [-0.2, 0) is 4.79 Å². The number of nitrogens with zero attached hydrogens (tertiary/aromatic N) is 3. The van der Waals surface area contributed by atoms with Crippen LogP contribution in [0, 0.1) is 5.82 Å². The Morgan fingerprint density at radius 3 is 2.69 bits per heavy atom. The molecule has 0 spiro atoms. The smallest absolute Gasteiger partial charge is 0.263 e. The third kappa shape index (κ3) is 4.27. The SMILES string of the molecule is CC(Oc1ccc(F)cc1Br)C(=O)N1CCN(c2ncccc2Cl)CC1. The number of aromatic nitrogens is 1. The third-order valence-corrected chi connectivity index (χ3v) is 5.09. The van der Waals surface area contributed by atoms with Crippen molar-refractivity contribution >= 4 is 39.3 Å². The van der Waals surface area contributed by atoms with Gasteiger partial charge in [0.2, 0.25) is 0 Å². The van der Waals surface area contributed by atoms with Crippen LogP contribution in [0.2, 0.25) is 5.02 Å². The van der Waals surface area contributed by atoms with Crippen LogP contribution in [0.25, 0.3) is 0 Å². The third-order valence-electron chi connectivity index (χ3n) is 4.18. The zero-order valence-electron chi connectivity index (χ0n) is 14.2. The summed E-state index contributed by atoms with van der Waals surface area (Å²) in [6.07, 6.45) is 1.04. The van der Waals surface area contributed by atoms with E-state index in [2.05, 4.69) is 25.8 Å². The van der Waals surface area contributed by atoms with Gasteiger partial charge in [0.25, 0.3) is 5.91 Å². The van der Waals surface area contributed by atoms with E-state index >= 15 is 0 Å². The maximum absolute atomic E-state index is 13.2. The van der Waals surface area contributed by atoms with E-state index in [4.69, 9.17) is 16.3 Å². The Kier molecular flexibility index (Phi) is 5.98. The van der Waals surface area contributed by atoms with Crippen LogP contribution in [-0.4, -0.2) is 48.1 Å². The number of benzene rings is 1. The predicted octanol–water partition coefficient (Wildman–Crippen LogP) is 3.75. The molecule has 1 aliphatic rings. The van der Waals surface area contributed by atoms with Gasteiger partial charge in [-0.25, -0.2) is 9.37 Å². The molecule has 26 heavy (non-hydrogen) atoms. The number of hydrogen-bond acceptors (Lipinski definition) is 4. The molecule has 1 aromatic heterocycles. The van der Waals surface area contributed by atoms with Gasteiger partial charge in [-0.1, -0.05) is 11.6 Å². The van der Waals surface area contributed by atoms with Crippen LogP contribution in [0.15, 0.2) is 41.0 Å². The molecule has 0 saturated carbocycles. The lowest BCUT2D eigenvalue weighted by Crippen LogP contribution is -2.52. The molecule has 0 radical (unpaired) electrons. The fraction of sp³-hybridized carbons (Fsp3) is 0.333. The highest BCUT2D eigenvalue weighted by atomic mass is 79.9. The fourth-order valence-electron chi connectivity index (χ4n) is 2.82. The van der Waals surface area contributed by atoms with Crippen LogP contribution in [0.4, 0.5) is 10.2 Å². The molecule has 138 valence electrons. The van der Waals surface area contributed by atoms with Crippen molar-refractivity contribution in [1.82, 2.24) is 9.88 Å². The summed E-state index contributed by atoms with van der Waals surface area (Å²) < 4.78 is 19.3. The van der Waals surface area contributed by atoms with Crippen molar-refractivity contribution in [2.24, 2.45) is 0 Å². The first-order valence-electron chi connectivity index (χ1n) is 8.21. The van der Waals surface area contributed by atoms with Gasteiger partial charge in [0.1, 0.15) is 17.4 Å². The van der Waals surface area contributed by atoms with Gasteiger partial charge in [-0.15, -0.1) is 0 Å². The van der Waals surface area contributed by atoms with E-state index in [9.17, 15) is 9.18 Å². The van der Waals surface area contributed by atoms with Crippen LogP contribution >= 0.6 is 27.5 Å². The number of amides is 1. The molecule has 1 aromatic carbocycles. The summed E-state index contributed by atoms with van der Waals surface area (Å²) in [5.41, 5.74) is 0. The minimum Gasteiger partial charge on any atom is -0.480 e. The van der Waals surface area contributed by atoms with Gasteiger partial charge in [0.15, 0.2) is 6.10 Å². The maximum Gasteiger partial charge on any atom is 0.263 e. The molecular formula is C18H18BrClFN3O2. The number of piperazine rings is 1. The van der Waals surface area contributed by atoms with Gasteiger partial charge in [-0.05, 0) is 53.2 Å². The predicted molar refractivity (Wildman–Crippen MR) is 102 cm³/mol. The van der Waals surface area contributed by atoms with Crippen LogP contribution in [0.3, 0.4) is 0 Å². The van der Waals surface area contributed by atoms with Gasteiger partial charge in [0.05, 0.1) is 9.50 Å². The minimum absolute atomic E-state index is 0.104. The van der Waals surface area contributed by atoms with Gasteiger partial charge >= 0.3 is 0 Å². The molecule has 0 bridgehead atoms. The molecule has 5 nitrogen and oxygen atoms in total.